The molecule has 0 radical (unpaired) electrons. The van der Waals surface area contributed by atoms with E-state index in [1.807, 2.05) is 0 Å². The second kappa shape index (κ2) is 7.98. The Morgan fingerprint density at radius 3 is 2.33 bits per heavy atom. The maximum Gasteiger partial charge on any atom is 0.415 e. The van der Waals surface area contributed by atoms with Crippen LogP contribution in [0.1, 0.15) is 30.9 Å². The molecule has 1 N–H and O–H groups in total. The molecule has 7 heteroatoms. The Kier molecular flexibility index (Phi) is 6.23. The van der Waals surface area contributed by atoms with Gasteiger partial charge in [0.05, 0.1) is 0 Å². The molecule has 1 aromatic rings. The standard InChI is InChI=1S/C17H23F3N2O2/c1-21(12-14(23)17(18,19)20)15(13-8-4-2-5-9-13)16(24)22-10-6-3-7-11-22/h2,4-5,8-9,14-15,23H,3,6-7,10-12H2,1H3. The molecule has 1 aromatic carbocycles. The van der Waals surface area contributed by atoms with Crippen molar-refractivity contribution in [2.24, 2.45) is 0 Å². The summed E-state index contributed by atoms with van der Waals surface area (Å²) in [4.78, 5) is 15.9. The van der Waals surface area contributed by atoms with Gasteiger partial charge in [-0.3, -0.25) is 9.69 Å². The third-order valence-electron chi connectivity index (χ3n) is 4.30. The summed E-state index contributed by atoms with van der Waals surface area (Å²) in [5.41, 5.74) is 0.630. The first-order valence-corrected chi connectivity index (χ1v) is 8.09. The summed E-state index contributed by atoms with van der Waals surface area (Å²) in [6.07, 6.45) is -4.32. The zero-order valence-electron chi connectivity index (χ0n) is 13.7. The number of likely N-dealkylation sites (tertiary alicyclic amines) is 1. The summed E-state index contributed by atoms with van der Waals surface area (Å²) in [7, 11) is 1.44. The predicted molar refractivity (Wildman–Crippen MR) is 84.3 cm³/mol. The molecule has 1 fully saturated rings. The molecule has 1 heterocycles. The van der Waals surface area contributed by atoms with Crippen LogP contribution in [0.25, 0.3) is 0 Å². The molecule has 0 bridgehead atoms. The Labute approximate surface area is 139 Å². The van der Waals surface area contributed by atoms with Crippen LogP contribution >= 0.6 is 0 Å². The third kappa shape index (κ3) is 4.70. The maximum absolute atomic E-state index is 12.9. The molecule has 0 aliphatic carbocycles. The maximum atomic E-state index is 12.9. The number of rotatable bonds is 5. The third-order valence-corrected chi connectivity index (χ3v) is 4.30. The zero-order valence-corrected chi connectivity index (χ0v) is 13.7. The minimum Gasteiger partial charge on any atom is -0.382 e. The molecule has 24 heavy (non-hydrogen) atoms. The van der Waals surface area contributed by atoms with Crippen molar-refractivity contribution in [3.63, 3.8) is 0 Å². The van der Waals surface area contributed by atoms with Gasteiger partial charge in [0.25, 0.3) is 0 Å². The van der Waals surface area contributed by atoms with Crippen LogP contribution in [-0.4, -0.2) is 59.8 Å². The van der Waals surface area contributed by atoms with Crippen molar-refractivity contribution in [3.8, 4) is 0 Å². The van der Waals surface area contributed by atoms with Gasteiger partial charge in [-0.1, -0.05) is 30.3 Å². The fourth-order valence-corrected chi connectivity index (χ4v) is 2.99. The number of benzene rings is 1. The van der Waals surface area contributed by atoms with Crippen molar-refractivity contribution >= 4 is 5.91 Å². The molecule has 2 rings (SSSR count). The molecule has 2 atom stereocenters. The van der Waals surface area contributed by atoms with Crippen LogP contribution in [0.2, 0.25) is 0 Å². The molecule has 2 unspecified atom stereocenters. The molecular weight excluding hydrogens is 321 g/mol. The molecule has 1 saturated heterocycles. The number of nitrogens with zero attached hydrogens (tertiary/aromatic N) is 2. The van der Waals surface area contributed by atoms with Gasteiger partial charge >= 0.3 is 6.18 Å². The smallest absolute Gasteiger partial charge is 0.382 e. The quantitative estimate of drug-likeness (QED) is 0.893. The highest BCUT2D eigenvalue weighted by atomic mass is 19.4. The van der Waals surface area contributed by atoms with Crippen LogP contribution in [-0.2, 0) is 4.79 Å². The number of amides is 1. The van der Waals surface area contributed by atoms with Crippen molar-refractivity contribution in [2.45, 2.75) is 37.6 Å². The highest BCUT2D eigenvalue weighted by Crippen LogP contribution is 2.27. The van der Waals surface area contributed by atoms with Gasteiger partial charge in [-0.15, -0.1) is 0 Å². The van der Waals surface area contributed by atoms with E-state index in [0.29, 0.717) is 18.7 Å². The van der Waals surface area contributed by atoms with E-state index < -0.39 is 24.9 Å². The first kappa shape index (κ1) is 18.7. The Balaban J connectivity index is 2.21. The predicted octanol–water partition coefficient (Wildman–Crippen LogP) is 2.60. The van der Waals surface area contributed by atoms with Crippen LogP contribution in [0.5, 0.6) is 0 Å². The number of alkyl halides is 3. The van der Waals surface area contributed by atoms with Crippen LogP contribution < -0.4 is 0 Å². The summed E-state index contributed by atoms with van der Waals surface area (Å²) in [5, 5.41) is 9.35. The molecule has 1 aliphatic rings. The van der Waals surface area contributed by atoms with Crippen molar-refractivity contribution < 1.29 is 23.1 Å². The average molecular weight is 344 g/mol. The van der Waals surface area contributed by atoms with Gasteiger partial charge < -0.3 is 10.0 Å². The van der Waals surface area contributed by atoms with Crippen LogP contribution in [0.4, 0.5) is 13.2 Å². The minimum absolute atomic E-state index is 0.210. The molecule has 134 valence electrons. The Hall–Kier alpha value is -1.60. The van der Waals surface area contributed by atoms with E-state index in [-0.39, 0.29) is 5.91 Å². The molecule has 1 aliphatic heterocycles. The van der Waals surface area contributed by atoms with Crippen LogP contribution in [0.15, 0.2) is 30.3 Å². The van der Waals surface area contributed by atoms with Crippen molar-refractivity contribution in [1.82, 2.24) is 9.80 Å². The highest BCUT2D eigenvalue weighted by molar-refractivity contribution is 5.83. The number of aliphatic hydroxyl groups excluding tert-OH is 1. The number of halogens is 3. The average Bonchev–Trinajstić information content (AvgIpc) is 2.56. The highest BCUT2D eigenvalue weighted by Gasteiger charge is 2.41. The van der Waals surface area contributed by atoms with Gasteiger partial charge in [-0.2, -0.15) is 13.2 Å². The van der Waals surface area contributed by atoms with Crippen LogP contribution in [0.3, 0.4) is 0 Å². The summed E-state index contributed by atoms with van der Waals surface area (Å²) < 4.78 is 38.0. The Morgan fingerprint density at radius 2 is 1.79 bits per heavy atom. The normalized spacial score (nSPS) is 18.5. The summed E-state index contributed by atoms with van der Waals surface area (Å²) in [5.74, 6) is -0.210. The lowest BCUT2D eigenvalue weighted by molar-refractivity contribution is -0.209. The van der Waals surface area contributed by atoms with E-state index in [1.165, 1.54) is 11.9 Å². The topological polar surface area (TPSA) is 43.8 Å². The van der Waals surface area contributed by atoms with E-state index in [2.05, 4.69) is 0 Å². The van der Waals surface area contributed by atoms with E-state index in [1.54, 1.807) is 35.2 Å². The number of hydrogen-bond acceptors (Lipinski definition) is 3. The van der Waals surface area contributed by atoms with Crippen molar-refractivity contribution in [3.05, 3.63) is 35.9 Å². The van der Waals surface area contributed by atoms with Crippen molar-refractivity contribution in [2.75, 3.05) is 26.7 Å². The Bertz CT molecular complexity index is 530. The molecule has 0 aromatic heterocycles. The number of carbonyl (C=O) groups is 1. The van der Waals surface area contributed by atoms with E-state index in [0.717, 1.165) is 19.3 Å². The first-order chi connectivity index (χ1) is 11.3. The van der Waals surface area contributed by atoms with Gasteiger partial charge in [0, 0.05) is 19.6 Å². The summed E-state index contributed by atoms with van der Waals surface area (Å²) >= 11 is 0. The SMILES string of the molecule is CN(CC(O)C(F)(F)F)C(C(=O)N1CCCCC1)c1ccccc1. The first-order valence-electron chi connectivity index (χ1n) is 8.09. The fraction of sp³-hybridized carbons (Fsp3) is 0.588. The summed E-state index contributed by atoms with van der Waals surface area (Å²) in [6, 6.07) is 7.91. The largest absolute Gasteiger partial charge is 0.415 e. The van der Waals surface area contributed by atoms with Gasteiger partial charge in [0.15, 0.2) is 6.10 Å². The van der Waals surface area contributed by atoms with E-state index in [4.69, 9.17) is 0 Å². The Morgan fingerprint density at radius 1 is 1.21 bits per heavy atom. The minimum atomic E-state index is -4.70. The second-order valence-corrected chi connectivity index (χ2v) is 6.20. The number of carbonyl (C=O) groups excluding carboxylic acids is 1. The van der Waals surface area contributed by atoms with E-state index in [9.17, 15) is 23.1 Å². The monoisotopic (exact) mass is 344 g/mol. The lowest BCUT2D eigenvalue weighted by atomic mass is 10.0. The second-order valence-electron chi connectivity index (χ2n) is 6.20. The van der Waals surface area contributed by atoms with Gasteiger partial charge in [-0.05, 0) is 31.9 Å². The molecular formula is C17H23F3N2O2. The zero-order chi connectivity index (χ0) is 17.7. The molecule has 4 nitrogen and oxygen atoms in total. The molecule has 1 amide bonds. The van der Waals surface area contributed by atoms with Crippen LogP contribution in [0, 0.1) is 0 Å². The van der Waals surface area contributed by atoms with E-state index >= 15 is 0 Å². The van der Waals surface area contributed by atoms with Gasteiger partial charge in [-0.25, -0.2) is 0 Å². The summed E-state index contributed by atoms with van der Waals surface area (Å²) in [6.45, 7) is 0.596. The van der Waals surface area contributed by atoms with Crippen molar-refractivity contribution in [1.29, 1.82) is 0 Å². The van der Waals surface area contributed by atoms with Gasteiger partial charge in [0.1, 0.15) is 6.04 Å². The molecule has 0 saturated carbocycles. The molecule has 0 spiro atoms. The lowest BCUT2D eigenvalue weighted by Gasteiger charge is -2.35. The fourth-order valence-electron chi connectivity index (χ4n) is 2.99. The number of likely N-dealkylation sites (N-methyl/N-ethyl adjacent to an activating group) is 1. The number of piperidine rings is 1. The number of aliphatic hydroxyl groups is 1. The number of hydrogen-bond donors (Lipinski definition) is 1. The van der Waals surface area contributed by atoms with Gasteiger partial charge in [0.2, 0.25) is 5.91 Å². The lowest BCUT2D eigenvalue weighted by Crippen LogP contribution is -2.47.